The molecule has 0 radical (unpaired) electrons. The number of nitrogens with zero attached hydrogens (tertiary/aromatic N) is 5. The van der Waals surface area contributed by atoms with Gasteiger partial charge in [0.25, 0.3) is 0 Å². The number of hydrogen-bond donors (Lipinski definition) is 4. The van der Waals surface area contributed by atoms with Crippen molar-refractivity contribution in [2.45, 2.75) is 45.2 Å². The van der Waals surface area contributed by atoms with Crippen LogP contribution < -0.4 is 16.4 Å². The SMILES string of the molecule is C=CCN1CC(=O)N([C@@H](Cc2ccc(O)cc2)C(=O)NCc2cccc3c2ncn3CC(N)=O)[C@H](C)N1C(=O)NCc1ccccc1. The van der Waals surface area contributed by atoms with Crippen molar-refractivity contribution >= 4 is 34.8 Å². The van der Waals surface area contributed by atoms with E-state index in [4.69, 9.17) is 5.73 Å². The van der Waals surface area contributed by atoms with E-state index in [1.165, 1.54) is 28.4 Å². The standard InChI is InChI=1S/C34H38N8O5/c1-3-16-40-21-31(45)41(23(2)42(40)34(47)37-18-25-8-5-4-6-9-25)29(17-24-12-14-27(43)15-13-24)33(46)36-19-26-10-7-11-28-32(26)38-22-39(28)20-30(35)44/h3-15,22-23,29,43H,1,16-21H2,2H3,(H2,35,44)(H,36,46)(H,37,47)/t23-,29-/m0/s1. The number of carbonyl (C=O) groups excluding carboxylic acids is 4. The number of nitrogens with one attached hydrogen (secondary N) is 2. The second kappa shape index (κ2) is 14.6. The Morgan fingerprint density at radius 3 is 2.47 bits per heavy atom. The lowest BCUT2D eigenvalue weighted by molar-refractivity contribution is -0.171. The molecule has 0 saturated carbocycles. The zero-order valence-electron chi connectivity index (χ0n) is 26.1. The second-order valence-electron chi connectivity index (χ2n) is 11.3. The number of fused-ring (bicyclic) bond motifs is 1. The fraction of sp³-hybridized carbons (Fsp3) is 0.265. The summed E-state index contributed by atoms with van der Waals surface area (Å²) >= 11 is 0. The van der Waals surface area contributed by atoms with Crippen LogP contribution in [0.5, 0.6) is 5.75 Å². The highest BCUT2D eigenvalue weighted by Crippen LogP contribution is 2.24. The number of phenols is 1. The molecule has 0 aliphatic carbocycles. The first-order valence-electron chi connectivity index (χ1n) is 15.2. The van der Waals surface area contributed by atoms with Crippen molar-refractivity contribution in [3.8, 4) is 5.75 Å². The molecule has 1 saturated heterocycles. The molecule has 13 heteroatoms. The molecular weight excluding hydrogens is 600 g/mol. The van der Waals surface area contributed by atoms with Gasteiger partial charge >= 0.3 is 6.03 Å². The Kier molecular flexibility index (Phi) is 10.2. The first-order valence-corrected chi connectivity index (χ1v) is 15.2. The highest BCUT2D eigenvalue weighted by Gasteiger charge is 2.44. The van der Waals surface area contributed by atoms with Crippen LogP contribution in [-0.4, -0.2) is 78.6 Å². The quantitative estimate of drug-likeness (QED) is 0.173. The molecule has 5 N–H and O–H groups in total. The molecule has 1 fully saturated rings. The van der Waals surface area contributed by atoms with Crippen LogP contribution in [-0.2, 0) is 40.4 Å². The third-order valence-electron chi connectivity index (χ3n) is 8.02. The van der Waals surface area contributed by atoms with Gasteiger partial charge in [-0.1, -0.05) is 60.7 Å². The highest BCUT2D eigenvalue weighted by atomic mass is 16.3. The molecule has 0 spiro atoms. The van der Waals surface area contributed by atoms with Crippen LogP contribution in [0, 0.1) is 0 Å². The number of imidazole rings is 1. The normalized spacial score (nSPS) is 15.8. The van der Waals surface area contributed by atoms with Crippen molar-refractivity contribution in [1.82, 2.24) is 35.1 Å². The Morgan fingerprint density at radius 2 is 1.77 bits per heavy atom. The van der Waals surface area contributed by atoms with E-state index in [1.807, 2.05) is 42.5 Å². The van der Waals surface area contributed by atoms with Gasteiger partial charge in [-0.15, -0.1) is 6.58 Å². The van der Waals surface area contributed by atoms with Gasteiger partial charge in [-0.2, -0.15) is 0 Å². The summed E-state index contributed by atoms with van der Waals surface area (Å²) in [4.78, 5) is 58.9. The third kappa shape index (κ3) is 7.59. The van der Waals surface area contributed by atoms with Crippen molar-refractivity contribution in [1.29, 1.82) is 0 Å². The lowest BCUT2D eigenvalue weighted by atomic mass is 10.0. The number of nitrogens with two attached hydrogens (primary N) is 1. The van der Waals surface area contributed by atoms with Crippen molar-refractivity contribution < 1.29 is 24.3 Å². The Labute approximate surface area is 272 Å². The molecule has 2 heterocycles. The van der Waals surface area contributed by atoms with E-state index in [2.05, 4.69) is 22.2 Å². The molecule has 0 unspecified atom stereocenters. The van der Waals surface area contributed by atoms with Crippen LogP contribution in [0.15, 0.2) is 91.8 Å². The topological polar surface area (TPSA) is 166 Å². The molecule has 1 aliphatic rings. The Hall–Kier alpha value is -5.69. The Morgan fingerprint density at radius 1 is 1.02 bits per heavy atom. The van der Waals surface area contributed by atoms with E-state index >= 15 is 0 Å². The molecule has 244 valence electrons. The predicted octanol–water partition coefficient (Wildman–Crippen LogP) is 2.26. The molecule has 5 rings (SSSR count). The van der Waals surface area contributed by atoms with Gasteiger partial charge in [0.15, 0.2) is 0 Å². The smallest absolute Gasteiger partial charge is 0.334 e. The van der Waals surface area contributed by atoms with Crippen molar-refractivity contribution in [3.05, 3.63) is 108 Å². The molecule has 5 amide bonds. The van der Waals surface area contributed by atoms with Crippen LogP contribution in [0.3, 0.4) is 0 Å². The zero-order valence-corrected chi connectivity index (χ0v) is 26.1. The fourth-order valence-corrected chi connectivity index (χ4v) is 5.82. The summed E-state index contributed by atoms with van der Waals surface area (Å²) in [6, 6.07) is 19.9. The van der Waals surface area contributed by atoms with Crippen molar-refractivity contribution in [2.75, 3.05) is 13.1 Å². The Bertz CT molecular complexity index is 1760. The summed E-state index contributed by atoms with van der Waals surface area (Å²) in [5.74, 6) is -1.21. The monoisotopic (exact) mass is 638 g/mol. The molecule has 0 bridgehead atoms. The number of para-hydroxylation sites is 1. The maximum Gasteiger partial charge on any atom is 0.334 e. The van der Waals surface area contributed by atoms with Gasteiger partial charge in [0.05, 0.1) is 23.9 Å². The molecule has 47 heavy (non-hydrogen) atoms. The summed E-state index contributed by atoms with van der Waals surface area (Å²) in [6.45, 7) is 5.92. The van der Waals surface area contributed by atoms with Gasteiger partial charge < -0.3 is 30.9 Å². The maximum absolute atomic E-state index is 14.1. The van der Waals surface area contributed by atoms with Crippen molar-refractivity contribution in [3.63, 3.8) is 0 Å². The number of hydrazine groups is 1. The van der Waals surface area contributed by atoms with E-state index < -0.39 is 30.1 Å². The molecule has 1 aromatic heterocycles. The number of phenolic OH excluding ortho intramolecular Hbond substituents is 1. The molecule has 13 nitrogen and oxygen atoms in total. The first-order chi connectivity index (χ1) is 22.7. The highest BCUT2D eigenvalue weighted by molar-refractivity contribution is 5.90. The number of aromatic nitrogens is 2. The van der Waals surface area contributed by atoms with Crippen LogP contribution in [0.2, 0.25) is 0 Å². The zero-order chi connectivity index (χ0) is 33.5. The third-order valence-corrected chi connectivity index (χ3v) is 8.02. The minimum absolute atomic E-state index is 0.0335. The van der Waals surface area contributed by atoms with E-state index in [0.29, 0.717) is 22.2 Å². The van der Waals surface area contributed by atoms with Gasteiger partial charge in [-0.05, 0) is 41.8 Å². The average molecular weight is 639 g/mol. The molecule has 2 atom stereocenters. The van der Waals surface area contributed by atoms with Crippen LogP contribution in [0.25, 0.3) is 11.0 Å². The number of primary amides is 1. The van der Waals surface area contributed by atoms with E-state index in [0.717, 1.165) is 5.56 Å². The number of aromatic hydroxyl groups is 1. The Balaban J connectivity index is 1.41. The number of urea groups is 1. The van der Waals surface area contributed by atoms with E-state index in [9.17, 15) is 24.3 Å². The maximum atomic E-state index is 14.1. The minimum Gasteiger partial charge on any atom is -0.508 e. The summed E-state index contributed by atoms with van der Waals surface area (Å²) in [5.41, 5.74) is 9.00. The van der Waals surface area contributed by atoms with E-state index in [-0.39, 0.29) is 50.8 Å². The van der Waals surface area contributed by atoms with Crippen LogP contribution in [0.4, 0.5) is 4.79 Å². The van der Waals surface area contributed by atoms with E-state index in [1.54, 1.807) is 40.8 Å². The van der Waals surface area contributed by atoms with Gasteiger partial charge in [-0.3, -0.25) is 14.4 Å². The number of carbonyl (C=O) groups is 4. The number of rotatable bonds is 12. The summed E-state index contributed by atoms with van der Waals surface area (Å²) in [5, 5.41) is 18.8. The summed E-state index contributed by atoms with van der Waals surface area (Å²) in [7, 11) is 0. The predicted molar refractivity (Wildman–Crippen MR) is 175 cm³/mol. The molecule has 3 aromatic carbocycles. The lowest BCUT2D eigenvalue weighted by Gasteiger charge is -2.49. The van der Waals surface area contributed by atoms with Gasteiger partial charge in [-0.25, -0.2) is 19.8 Å². The average Bonchev–Trinajstić information content (AvgIpc) is 3.46. The molecule has 4 aromatic rings. The number of hydrogen-bond acceptors (Lipinski definition) is 7. The number of amides is 5. The molecule has 1 aliphatic heterocycles. The minimum atomic E-state index is -1.01. The summed E-state index contributed by atoms with van der Waals surface area (Å²) < 4.78 is 1.64. The van der Waals surface area contributed by atoms with Crippen LogP contribution in [0.1, 0.15) is 23.6 Å². The fourth-order valence-electron chi connectivity index (χ4n) is 5.82. The summed E-state index contributed by atoms with van der Waals surface area (Å²) in [6.07, 6.45) is 2.42. The lowest BCUT2D eigenvalue weighted by Crippen LogP contribution is -2.70. The first kappa shape index (κ1) is 32.7. The second-order valence-corrected chi connectivity index (χ2v) is 11.3. The number of benzene rings is 3. The van der Waals surface area contributed by atoms with Gasteiger partial charge in [0, 0.05) is 26.1 Å². The van der Waals surface area contributed by atoms with Crippen LogP contribution >= 0.6 is 0 Å². The van der Waals surface area contributed by atoms with Crippen molar-refractivity contribution in [2.24, 2.45) is 5.73 Å². The molecular formula is C34H38N8O5. The van der Waals surface area contributed by atoms with Gasteiger partial charge in [0.1, 0.15) is 24.5 Å². The van der Waals surface area contributed by atoms with Gasteiger partial charge in [0.2, 0.25) is 17.7 Å². The largest absolute Gasteiger partial charge is 0.508 e.